The van der Waals surface area contributed by atoms with Crippen LogP contribution in [-0.4, -0.2) is 67.2 Å². The number of Topliss-reactive ketones (excluding diaryl/α,β-unsaturated/α-hetero) is 1. The van der Waals surface area contributed by atoms with E-state index in [1.54, 1.807) is 14.1 Å². The topological polar surface area (TPSA) is 69.7 Å². The molecule has 0 aliphatic carbocycles. The zero-order valence-corrected chi connectivity index (χ0v) is 11.8. The Hall–Kier alpha value is -1.43. The number of ketones is 1. The average Bonchev–Trinajstić information content (AvgIpc) is 2.24. The van der Waals surface area contributed by atoms with Crippen LogP contribution in [0.5, 0.6) is 0 Å². The highest BCUT2D eigenvalue weighted by Crippen LogP contribution is 1.91. The van der Waals surface area contributed by atoms with Gasteiger partial charge in [-0.2, -0.15) is 0 Å². The smallest absolute Gasteiger partial charge is 0.242 e. The number of carbonyl (C=O) groups excluding carboxylic acids is 3. The molecule has 0 spiro atoms. The fraction of sp³-hybridized carbons (Fsp3) is 0.750. The molecule has 6 heteroatoms. The van der Waals surface area contributed by atoms with Crippen molar-refractivity contribution in [2.24, 2.45) is 0 Å². The molecule has 1 N–H and O–H groups in total. The zero-order valence-electron chi connectivity index (χ0n) is 11.8. The summed E-state index contributed by atoms with van der Waals surface area (Å²) in [5.74, 6) is -0.472. The molecule has 0 fully saturated rings. The number of nitrogens with zero attached hydrogens (tertiary/aromatic N) is 2. The zero-order chi connectivity index (χ0) is 14.3. The molecule has 0 bridgehead atoms. The fourth-order valence-corrected chi connectivity index (χ4v) is 1.26. The van der Waals surface area contributed by atoms with Crippen LogP contribution < -0.4 is 5.32 Å². The van der Waals surface area contributed by atoms with E-state index in [1.165, 1.54) is 16.7 Å². The molecular weight excluding hydrogens is 234 g/mol. The summed E-state index contributed by atoms with van der Waals surface area (Å²) in [7, 11) is 3.12. The molecule has 0 heterocycles. The predicted octanol–water partition coefficient (Wildman–Crippen LogP) is -0.510. The second kappa shape index (κ2) is 7.81. The van der Waals surface area contributed by atoms with Crippen molar-refractivity contribution in [1.29, 1.82) is 0 Å². The Morgan fingerprint density at radius 1 is 1.00 bits per heavy atom. The molecule has 0 rings (SSSR count). The maximum atomic E-state index is 11.7. The molecule has 0 aliphatic rings. The van der Waals surface area contributed by atoms with Crippen LogP contribution in [0, 0.1) is 0 Å². The van der Waals surface area contributed by atoms with Gasteiger partial charge in [-0.05, 0) is 6.92 Å². The Morgan fingerprint density at radius 2 is 1.50 bits per heavy atom. The molecular formula is C12H23N3O3. The largest absolute Gasteiger partial charge is 0.337 e. The number of nitrogens with one attached hydrogen (secondary N) is 1. The molecule has 0 unspecified atom stereocenters. The molecule has 0 aromatic rings. The van der Waals surface area contributed by atoms with Crippen LogP contribution >= 0.6 is 0 Å². The molecule has 0 saturated heterocycles. The van der Waals surface area contributed by atoms with Crippen LogP contribution in [0.15, 0.2) is 0 Å². The first kappa shape index (κ1) is 16.6. The van der Waals surface area contributed by atoms with Crippen LogP contribution in [0.3, 0.4) is 0 Å². The summed E-state index contributed by atoms with van der Waals surface area (Å²) in [6.45, 7) is 5.58. The van der Waals surface area contributed by atoms with Crippen molar-refractivity contribution in [3.05, 3.63) is 0 Å². The second-order valence-electron chi connectivity index (χ2n) is 4.74. The maximum Gasteiger partial charge on any atom is 0.242 e. The molecule has 0 aromatic heterocycles. The van der Waals surface area contributed by atoms with Gasteiger partial charge in [0.2, 0.25) is 11.8 Å². The van der Waals surface area contributed by atoms with Gasteiger partial charge in [-0.25, -0.2) is 0 Å². The van der Waals surface area contributed by atoms with Crippen molar-refractivity contribution in [3.63, 3.8) is 0 Å². The van der Waals surface area contributed by atoms with Gasteiger partial charge in [-0.3, -0.25) is 14.4 Å². The van der Waals surface area contributed by atoms with E-state index in [2.05, 4.69) is 5.32 Å². The third-order valence-corrected chi connectivity index (χ3v) is 2.35. The van der Waals surface area contributed by atoms with Crippen LogP contribution in [0.2, 0.25) is 0 Å². The lowest BCUT2D eigenvalue weighted by molar-refractivity contribution is -0.139. The van der Waals surface area contributed by atoms with E-state index in [9.17, 15) is 14.4 Å². The molecule has 0 radical (unpaired) electrons. The summed E-state index contributed by atoms with van der Waals surface area (Å²) in [5.41, 5.74) is 0. The van der Waals surface area contributed by atoms with Crippen molar-refractivity contribution < 1.29 is 14.4 Å². The summed E-state index contributed by atoms with van der Waals surface area (Å²) < 4.78 is 0. The van der Waals surface area contributed by atoms with Crippen LogP contribution in [0.4, 0.5) is 0 Å². The number of hydrogen-bond acceptors (Lipinski definition) is 4. The molecule has 18 heavy (non-hydrogen) atoms. The van der Waals surface area contributed by atoms with Gasteiger partial charge in [0.25, 0.3) is 0 Å². The van der Waals surface area contributed by atoms with Gasteiger partial charge in [0, 0.05) is 20.1 Å². The minimum atomic E-state index is -0.245. The predicted molar refractivity (Wildman–Crippen MR) is 69.1 cm³/mol. The first-order valence-corrected chi connectivity index (χ1v) is 5.94. The van der Waals surface area contributed by atoms with Gasteiger partial charge in [0.05, 0.1) is 19.6 Å². The van der Waals surface area contributed by atoms with Gasteiger partial charge in [0.15, 0.2) is 0 Å². The van der Waals surface area contributed by atoms with Gasteiger partial charge >= 0.3 is 0 Å². The van der Waals surface area contributed by atoms with Crippen LogP contribution in [0.25, 0.3) is 0 Å². The van der Waals surface area contributed by atoms with Crippen LogP contribution in [-0.2, 0) is 14.4 Å². The van der Waals surface area contributed by atoms with Gasteiger partial charge in [-0.15, -0.1) is 0 Å². The van der Waals surface area contributed by atoms with Crippen molar-refractivity contribution in [2.75, 3.05) is 33.7 Å². The van der Waals surface area contributed by atoms with E-state index in [-0.39, 0.29) is 43.3 Å². The van der Waals surface area contributed by atoms with Crippen molar-refractivity contribution in [1.82, 2.24) is 15.1 Å². The molecule has 0 saturated carbocycles. The Balaban J connectivity index is 4.13. The lowest BCUT2D eigenvalue weighted by atomic mass is 10.3. The first-order valence-electron chi connectivity index (χ1n) is 5.94. The Labute approximate surface area is 108 Å². The Morgan fingerprint density at radius 3 is 1.94 bits per heavy atom. The van der Waals surface area contributed by atoms with Crippen molar-refractivity contribution in [2.45, 2.75) is 26.8 Å². The number of hydrogen-bond donors (Lipinski definition) is 1. The van der Waals surface area contributed by atoms with E-state index in [4.69, 9.17) is 0 Å². The Bertz CT molecular complexity index is 316. The second-order valence-corrected chi connectivity index (χ2v) is 4.74. The number of carbonyl (C=O) groups is 3. The fourth-order valence-electron chi connectivity index (χ4n) is 1.26. The normalized spacial score (nSPS) is 10.3. The molecule has 0 aliphatic heterocycles. The highest BCUT2D eigenvalue weighted by atomic mass is 16.2. The summed E-state index contributed by atoms with van der Waals surface area (Å²) in [4.78, 5) is 36.9. The molecule has 6 nitrogen and oxygen atoms in total. The molecule has 0 aromatic carbocycles. The van der Waals surface area contributed by atoms with Crippen molar-refractivity contribution in [3.8, 4) is 0 Å². The van der Waals surface area contributed by atoms with E-state index >= 15 is 0 Å². The minimum Gasteiger partial charge on any atom is -0.337 e. The minimum absolute atomic E-state index is 0.0115. The maximum absolute atomic E-state index is 11.7. The molecule has 2 amide bonds. The summed E-state index contributed by atoms with van der Waals surface area (Å²) in [5, 5.41) is 2.99. The lowest BCUT2D eigenvalue weighted by Crippen LogP contribution is -2.44. The van der Waals surface area contributed by atoms with Crippen LogP contribution in [0.1, 0.15) is 20.8 Å². The molecule has 104 valence electrons. The third-order valence-electron chi connectivity index (χ3n) is 2.35. The van der Waals surface area contributed by atoms with E-state index in [1.807, 2.05) is 13.8 Å². The highest BCUT2D eigenvalue weighted by molar-refractivity contribution is 5.88. The van der Waals surface area contributed by atoms with Crippen molar-refractivity contribution >= 4 is 17.6 Å². The first-order chi connectivity index (χ1) is 8.23. The number of amides is 2. The van der Waals surface area contributed by atoms with E-state index in [0.29, 0.717) is 0 Å². The highest BCUT2D eigenvalue weighted by Gasteiger charge is 2.16. The summed E-state index contributed by atoms with van der Waals surface area (Å²) >= 11 is 0. The lowest BCUT2D eigenvalue weighted by Gasteiger charge is -2.21. The van der Waals surface area contributed by atoms with E-state index < -0.39 is 0 Å². The van der Waals surface area contributed by atoms with Gasteiger partial charge in [0.1, 0.15) is 5.78 Å². The monoisotopic (exact) mass is 257 g/mol. The Kier molecular flexibility index (Phi) is 7.19. The number of likely N-dealkylation sites (N-methyl/N-ethyl adjacent to an activating group) is 2. The van der Waals surface area contributed by atoms with Gasteiger partial charge < -0.3 is 15.1 Å². The summed E-state index contributed by atoms with van der Waals surface area (Å²) in [6, 6.07) is 0.221. The standard InChI is InChI=1S/C12H23N3O3/c1-9(2)13-6-11(17)15(5)8-12(18)14(4)7-10(3)16/h9,13H,6-8H2,1-5H3. The summed E-state index contributed by atoms with van der Waals surface area (Å²) in [6.07, 6.45) is 0. The van der Waals surface area contributed by atoms with Gasteiger partial charge in [-0.1, -0.05) is 13.8 Å². The third kappa shape index (κ3) is 7.01. The SMILES string of the molecule is CC(=O)CN(C)C(=O)CN(C)C(=O)CNC(C)C. The quantitative estimate of drug-likeness (QED) is 0.667. The molecule has 0 atom stereocenters. The number of rotatable bonds is 7. The average molecular weight is 257 g/mol. The van der Waals surface area contributed by atoms with E-state index in [0.717, 1.165) is 0 Å².